The van der Waals surface area contributed by atoms with E-state index in [1.165, 1.54) is 30.3 Å². The Morgan fingerprint density at radius 1 is 1.14 bits per heavy atom. The molecule has 3 rings (SSSR count). The molecule has 0 fully saturated rings. The number of esters is 1. The number of benzene rings is 2. The van der Waals surface area contributed by atoms with Crippen molar-refractivity contribution in [1.29, 1.82) is 0 Å². The molecule has 0 N–H and O–H groups in total. The van der Waals surface area contributed by atoms with Crippen molar-refractivity contribution in [3.63, 3.8) is 0 Å². The normalized spacial score (nSPS) is 11.0. The van der Waals surface area contributed by atoms with Crippen LogP contribution in [0.25, 0.3) is 6.08 Å². The molecule has 0 unspecified atom stereocenters. The average Bonchev–Trinajstić information content (AvgIpc) is 2.98. The molecule has 0 radical (unpaired) electrons. The SMILES string of the molecule is Cc1nn(Cc2ccccc2)c(Cl)c1/C=C/C(=O)OCC(=O)c1ccccc1F. The smallest absolute Gasteiger partial charge is 0.331 e. The number of hydrogen-bond acceptors (Lipinski definition) is 4. The van der Waals surface area contributed by atoms with Crippen LogP contribution >= 0.6 is 11.6 Å². The van der Waals surface area contributed by atoms with Gasteiger partial charge in [-0.3, -0.25) is 4.79 Å². The minimum Gasteiger partial charge on any atom is -0.454 e. The Hall–Kier alpha value is -3.25. The third-order valence-electron chi connectivity index (χ3n) is 4.19. The first-order valence-corrected chi connectivity index (χ1v) is 9.23. The van der Waals surface area contributed by atoms with Crippen LogP contribution in [0.1, 0.15) is 27.2 Å². The Morgan fingerprint density at radius 3 is 2.55 bits per heavy atom. The zero-order chi connectivity index (χ0) is 20.8. The third kappa shape index (κ3) is 5.18. The van der Waals surface area contributed by atoms with Gasteiger partial charge >= 0.3 is 5.97 Å². The number of aryl methyl sites for hydroxylation is 1. The van der Waals surface area contributed by atoms with Gasteiger partial charge in [0.05, 0.1) is 17.8 Å². The van der Waals surface area contributed by atoms with E-state index in [-0.39, 0.29) is 5.56 Å². The molecule has 0 aliphatic carbocycles. The molecule has 0 amide bonds. The number of hydrogen-bond donors (Lipinski definition) is 0. The van der Waals surface area contributed by atoms with Crippen LogP contribution < -0.4 is 0 Å². The molecule has 1 heterocycles. The van der Waals surface area contributed by atoms with Crippen molar-refractivity contribution in [2.24, 2.45) is 0 Å². The fraction of sp³-hybridized carbons (Fsp3) is 0.136. The zero-order valence-corrected chi connectivity index (χ0v) is 16.4. The van der Waals surface area contributed by atoms with Crippen LogP contribution in [0, 0.1) is 12.7 Å². The van der Waals surface area contributed by atoms with E-state index in [0.717, 1.165) is 11.6 Å². The van der Waals surface area contributed by atoms with E-state index in [0.29, 0.717) is 23.0 Å². The van der Waals surface area contributed by atoms with E-state index >= 15 is 0 Å². The molecule has 148 valence electrons. The zero-order valence-electron chi connectivity index (χ0n) is 15.6. The summed E-state index contributed by atoms with van der Waals surface area (Å²) in [6.07, 6.45) is 2.65. The van der Waals surface area contributed by atoms with Crippen molar-refractivity contribution >= 4 is 29.4 Å². The van der Waals surface area contributed by atoms with E-state index in [1.54, 1.807) is 11.6 Å². The molecule has 0 spiro atoms. The summed E-state index contributed by atoms with van der Waals surface area (Å²) in [6.45, 7) is 1.72. The molecule has 5 nitrogen and oxygen atoms in total. The average molecular weight is 413 g/mol. The number of halogens is 2. The first-order valence-electron chi connectivity index (χ1n) is 8.85. The van der Waals surface area contributed by atoms with Gasteiger partial charge in [-0.2, -0.15) is 5.10 Å². The summed E-state index contributed by atoms with van der Waals surface area (Å²) in [6, 6.07) is 15.2. The lowest BCUT2D eigenvalue weighted by atomic mass is 10.1. The lowest BCUT2D eigenvalue weighted by molar-refractivity contribution is -0.136. The Labute approximate surface area is 172 Å². The van der Waals surface area contributed by atoms with Crippen LogP contribution in [-0.4, -0.2) is 28.1 Å². The standard InChI is InChI=1S/C22H18ClFN2O3/c1-15-17(22(23)26(25-15)13-16-7-3-2-4-8-16)11-12-21(28)29-14-20(27)18-9-5-6-10-19(18)24/h2-12H,13-14H2,1H3/b12-11+. The highest BCUT2D eigenvalue weighted by Gasteiger charge is 2.14. The van der Waals surface area contributed by atoms with Crippen LogP contribution in [0.5, 0.6) is 0 Å². The second-order valence-electron chi connectivity index (χ2n) is 6.28. The quantitative estimate of drug-likeness (QED) is 0.326. The minimum absolute atomic E-state index is 0.120. The molecular formula is C22H18ClFN2O3. The van der Waals surface area contributed by atoms with E-state index in [4.69, 9.17) is 16.3 Å². The Bertz CT molecular complexity index is 1060. The number of ketones is 1. The van der Waals surface area contributed by atoms with Crippen molar-refractivity contribution in [2.75, 3.05) is 6.61 Å². The molecule has 0 saturated heterocycles. The molecule has 0 atom stereocenters. The summed E-state index contributed by atoms with van der Waals surface area (Å²) >= 11 is 6.39. The first-order chi connectivity index (χ1) is 14.0. The Kier molecular flexibility index (Phi) is 6.57. The van der Waals surface area contributed by atoms with Gasteiger partial charge in [-0.1, -0.05) is 54.1 Å². The van der Waals surface area contributed by atoms with Crippen molar-refractivity contribution in [1.82, 2.24) is 9.78 Å². The number of carbonyl (C=O) groups is 2. The van der Waals surface area contributed by atoms with E-state index in [9.17, 15) is 14.0 Å². The van der Waals surface area contributed by atoms with Crippen molar-refractivity contribution in [2.45, 2.75) is 13.5 Å². The molecule has 0 bridgehead atoms. The maximum atomic E-state index is 13.6. The van der Waals surface area contributed by atoms with Gasteiger partial charge in [0.15, 0.2) is 6.61 Å². The van der Waals surface area contributed by atoms with Gasteiger partial charge in [0.25, 0.3) is 0 Å². The predicted molar refractivity (Wildman–Crippen MR) is 108 cm³/mol. The van der Waals surface area contributed by atoms with Gasteiger partial charge in [-0.25, -0.2) is 13.9 Å². The highest BCUT2D eigenvalue weighted by molar-refractivity contribution is 6.31. The van der Waals surface area contributed by atoms with Gasteiger partial charge in [-0.15, -0.1) is 0 Å². The summed E-state index contributed by atoms with van der Waals surface area (Å²) in [5.41, 5.74) is 2.15. The molecule has 29 heavy (non-hydrogen) atoms. The van der Waals surface area contributed by atoms with Gasteiger partial charge < -0.3 is 4.74 Å². The monoisotopic (exact) mass is 412 g/mol. The largest absolute Gasteiger partial charge is 0.454 e. The summed E-state index contributed by atoms with van der Waals surface area (Å²) in [5, 5.41) is 4.78. The van der Waals surface area contributed by atoms with Crippen molar-refractivity contribution < 1.29 is 18.7 Å². The Morgan fingerprint density at radius 2 is 1.83 bits per heavy atom. The Balaban J connectivity index is 1.63. The topological polar surface area (TPSA) is 61.2 Å². The van der Waals surface area contributed by atoms with Crippen LogP contribution in [0.4, 0.5) is 4.39 Å². The van der Waals surface area contributed by atoms with Gasteiger partial charge in [0, 0.05) is 11.6 Å². The molecule has 1 aromatic heterocycles. The molecule has 0 saturated carbocycles. The molecule has 7 heteroatoms. The van der Waals surface area contributed by atoms with Gasteiger partial charge in [0.1, 0.15) is 11.0 Å². The fourth-order valence-electron chi connectivity index (χ4n) is 2.72. The van der Waals surface area contributed by atoms with Gasteiger partial charge in [-0.05, 0) is 30.7 Å². The van der Waals surface area contributed by atoms with Crippen molar-refractivity contribution in [3.8, 4) is 0 Å². The first kappa shape index (κ1) is 20.5. The number of rotatable bonds is 7. The number of Topliss-reactive ketones (excluding diaryl/α,β-unsaturated/α-hetero) is 1. The highest BCUT2D eigenvalue weighted by atomic mass is 35.5. The molecule has 3 aromatic rings. The number of aromatic nitrogens is 2. The predicted octanol–water partition coefficient (Wildman–Crippen LogP) is 4.47. The number of carbonyl (C=O) groups excluding carboxylic acids is 2. The fourth-order valence-corrected chi connectivity index (χ4v) is 3.02. The van der Waals surface area contributed by atoms with Crippen LogP contribution in [0.3, 0.4) is 0 Å². The minimum atomic E-state index is -0.735. The van der Waals surface area contributed by atoms with E-state index < -0.39 is 24.2 Å². The molecular weight excluding hydrogens is 395 g/mol. The van der Waals surface area contributed by atoms with Crippen molar-refractivity contribution in [3.05, 3.63) is 94.0 Å². The molecule has 0 aliphatic rings. The van der Waals surface area contributed by atoms with E-state index in [1.807, 2.05) is 30.3 Å². The molecule has 0 aliphatic heterocycles. The lowest BCUT2D eigenvalue weighted by Crippen LogP contribution is -2.13. The second-order valence-corrected chi connectivity index (χ2v) is 6.64. The van der Waals surface area contributed by atoms with Crippen LogP contribution in [0.2, 0.25) is 5.15 Å². The summed E-state index contributed by atoms with van der Waals surface area (Å²) in [5.74, 6) is -2.01. The number of nitrogens with zero attached hydrogens (tertiary/aromatic N) is 2. The highest BCUT2D eigenvalue weighted by Crippen LogP contribution is 2.22. The van der Waals surface area contributed by atoms with Gasteiger partial charge in [0.2, 0.25) is 5.78 Å². The maximum Gasteiger partial charge on any atom is 0.331 e. The number of ether oxygens (including phenoxy) is 1. The van der Waals surface area contributed by atoms with Crippen LogP contribution in [-0.2, 0) is 16.1 Å². The third-order valence-corrected chi connectivity index (χ3v) is 4.59. The summed E-state index contributed by atoms with van der Waals surface area (Å²) in [4.78, 5) is 23.9. The maximum absolute atomic E-state index is 13.6. The molecule has 2 aromatic carbocycles. The lowest BCUT2D eigenvalue weighted by Gasteiger charge is -2.03. The summed E-state index contributed by atoms with van der Waals surface area (Å²) < 4.78 is 20.1. The summed E-state index contributed by atoms with van der Waals surface area (Å²) in [7, 11) is 0. The van der Waals surface area contributed by atoms with E-state index in [2.05, 4.69) is 5.10 Å². The second kappa shape index (κ2) is 9.30. The van der Waals surface area contributed by atoms with Crippen LogP contribution in [0.15, 0.2) is 60.7 Å².